The molecule has 8 nitrogen and oxygen atoms in total. The third kappa shape index (κ3) is 4.60. The zero-order valence-corrected chi connectivity index (χ0v) is 21.1. The molecule has 0 bridgehead atoms. The summed E-state index contributed by atoms with van der Waals surface area (Å²) >= 11 is 1.71. The van der Waals surface area contributed by atoms with E-state index in [2.05, 4.69) is 29.5 Å². The van der Waals surface area contributed by atoms with Gasteiger partial charge in [-0.1, -0.05) is 19.1 Å². The van der Waals surface area contributed by atoms with E-state index >= 15 is 0 Å². The zero-order valence-electron chi connectivity index (χ0n) is 19.5. The molecule has 0 aliphatic carbocycles. The highest BCUT2D eigenvalue weighted by Crippen LogP contribution is 2.26. The molecule has 180 valence electrons. The molecule has 1 saturated heterocycles. The fourth-order valence-electron chi connectivity index (χ4n) is 4.37. The number of hydrogen-bond donors (Lipinski definition) is 0. The molecule has 0 unspecified atom stereocenters. The number of hydrogen-bond acceptors (Lipinski definition) is 7. The number of morpholine rings is 1. The summed E-state index contributed by atoms with van der Waals surface area (Å²) in [6, 6.07) is 13.5. The van der Waals surface area contributed by atoms with Crippen LogP contribution in [0.3, 0.4) is 0 Å². The van der Waals surface area contributed by atoms with Crippen molar-refractivity contribution in [2.75, 3.05) is 33.4 Å². The fraction of sp³-hybridized carbons (Fsp3) is 0.417. The average molecular weight is 500 g/mol. The molecule has 0 amide bonds. The summed E-state index contributed by atoms with van der Waals surface area (Å²) in [6.07, 6.45) is 0.966. The van der Waals surface area contributed by atoms with E-state index in [1.54, 1.807) is 23.5 Å². The van der Waals surface area contributed by atoms with E-state index in [4.69, 9.17) is 14.7 Å². The van der Waals surface area contributed by atoms with E-state index in [9.17, 15) is 8.42 Å². The van der Waals surface area contributed by atoms with Gasteiger partial charge in [-0.15, -0.1) is 11.3 Å². The smallest absolute Gasteiger partial charge is 0.243 e. The van der Waals surface area contributed by atoms with Crippen molar-refractivity contribution in [2.45, 2.75) is 37.9 Å². The van der Waals surface area contributed by atoms with Crippen LogP contribution in [0, 0.1) is 0 Å². The molecule has 5 rings (SSSR count). The van der Waals surface area contributed by atoms with E-state index in [0.717, 1.165) is 41.4 Å². The zero-order chi connectivity index (χ0) is 23.7. The molecule has 2 aromatic carbocycles. The average Bonchev–Trinajstić information content (AvgIpc) is 3.39. The summed E-state index contributed by atoms with van der Waals surface area (Å²) in [5.74, 6) is 0.932. The number of nitrogens with zero attached hydrogens (tertiary/aromatic N) is 5. The summed E-state index contributed by atoms with van der Waals surface area (Å²) in [5.41, 5.74) is 2.71. The van der Waals surface area contributed by atoms with Gasteiger partial charge < -0.3 is 9.30 Å². The van der Waals surface area contributed by atoms with Crippen LogP contribution in [-0.2, 0) is 34.4 Å². The Hall–Kier alpha value is -2.37. The predicted octanol–water partition coefficient (Wildman–Crippen LogP) is 3.71. The summed E-state index contributed by atoms with van der Waals surface area (Å²) in [4.78, 5) is 12.1. The molecular formula is C24H29N5O3S2. The first-order valence-corrected chi connectivity index (χ1v) is 13.8. The Balaban J connectivity index is 1.41. The minimum absolute atomic E-state index is 0.289. The lowest BCUT2D eigenvalue weighted by Crippen LogP contribution is -2.40. The molecule has 0 saturated carbocycles. The Morgan fingerprint density at radius 3 is 2.62 bits per heavy atom. The molecule has 3 heterocycles. The van der Waals surface area contributed by atoms with Gasteiger partial charge in [0, 0.05) is 19.6 Å². The number of rotatable bonds is 8. The number of ether oxygens (including phenoxy) is 1. The van der Waals surface area contributed by atoms with Crippen LogP contribution in [-0.4, -0.2) is 65.5 Å². The highest BCUT2D eigenvalue weighted by atomic mass is 32.2. The fourth-order valence-corrected chi connectivity index (χ4v) is 6.84. The van der Waals surface area contributed by atoms with E-state index in [-0.39, 0.29) is 4.90 Å². The lowest BCUT2D eigenvalue weighted by molar-refractivity contribution is 0.0730. The monoisotopic (exact) mass is 499 g/mol. The minimum atomic E-state index is -3.56. The summed E-state index contributed by atoms with van der Waals surface area (Å²) in [5, 5.41) is 1.07. The molecule has 0 N–H and O–H groups in total. The maximum absolute atomic E-state index is 13.1. The van der Waals surface area contributed by atoms with Crippen LogP contribution >= 0.6 is 11.3 Å². The van der Waals surface area contributed by atoms with Crippen LogP contribution < -0.4 is 0 Å². The van der Waals surface area contributed by atoms with E-state index < -0.39 is 10.0 Å². The van der Waals surface area contributed by atoms with Gasteiger partial charge >= 0.3 is 0 Å². The number of sulfonamides is 1. The van der Waals surface area contributed by atoms with E-state index in [0.29, 0.717) is 38.4 Å². The maximum Gasteiger partial charge on any atom is 0.243 e. The molecule has 0 spiro atoms. The second kappa shape index (κ2) is 9.71. The SMILES string of the molecule is CCCn1c(CN(C)Cc2nc3ccccc3s2)nc2cc(S(=O)(=O)N3CCOCC3)ccc21. The van der Waals surface area contributed by atoms with Crippen molar-refractivity contribution in [1.82, 2.24) is 23.7 Å². The number of fused-ring (bicyclic) bond motifs is 2. The van der Waals surface area contributed by atoms with Crippen LogP contribution in [0.4, 0.5) is 0 Å². The van der Waals surface area contributed by atoms with Crippen molar-refractivity contribution in [3.63, 3.8) is 0 Å². The van der Waals surface area contributed by atoms with Crippen LogP contribution in [0.25, 0.3) is 21.3 Å². The molecule has 34 heavy (non-hydrogen) atoms. The third-order valence-corrected chi connectivity index (χ3v) is 8.92. The highest BCUT2D eigenvalue weighted by molar-refractivity contribution is 7.89. The Labute approximate surface area is 203 Å². The Bertz CT molecular complexity index is 1370. The van der Waals surface area contributed by atoms with Crippen molar-refractivity contribution < 1.29 is 13.2 Å². The highest BCUT2D eigenvalue weighted by Gasteiger charge is 2.27. The van der Waals surface area contributed by atoms with Crippen molar-refractivity contribution in [3.05, 3.63) is 53.3 Å². The standard InChI is InChI=1S/C24H29N5O3S2/c1-3-10-29-21-9-8-18(34(30,31)28-11-13-32-14-12-28)15-20(21)25-23(29)16-27(2)17-24-26-19-6-4-5-7-22(19)33-24/h4-9,15H,3,10-14,16-17H2,1-2H3. The first kappa shape index (κ1) is 23.4. The normalized spacial score (nSPS) is 15.6. The number of benzene rings is 2. The first-order valence-electron chi connectivity index (χ1n) is 11.6. The lowest BCUT2D eigenvalue weighted by atomic mass is 10.3. The van der Waals surface area contributed by atoms with Crippen LogP contribution in [0.5, 0.6) is 0 Å². The first-order chi connectivity index (χ1) is 16.5. The molecule has 1 aliphatic heterocycles. The van der Waals surface area contributed by atoms with Gasteiger partial charge in [0.1, 0.15) is 10.8 Å². The topological polar surface area (TPSA) is 80.6 Å². The Morgan fingerprint density at radius 2 is 1.85 bits per heavy atom. The molecule has 4 aromatic rings. The van der Waals surface area contributed by atoms with Crippen molar-refractivity contribution in [3.8, 4) is 0 Å². The lowest BCUT2D eigenvalue weighted by Gasteiger charge is -2.26. The van der Waals surface area contributed by atoms with Gasteiger partial charge in [0.25, 0.3) is 0 Å². The van der Waals surface area contributed by atoms with Crippen LogP contribution in [0.15, 0.2) is 47.4 Å². The second-order valence-corrected chi connectivity index (χ2v) is 11.6. The van der Waals surface area contributed by atoms with Crippen LogP contribution in [0.1, 0.15) is 24.2 Å². The molecule has 10 heteroatoms. The summed E-state index contributed by atoms with van der Waals surface area (Å²) in [6.45, 7) is 5.96. The molecule has 0 atom stereocenters. The van der Waals surface area contributed by atoms with Gasteiger partial charge in [0.15, 0.2) is 0 Å². The molecule has 1 fully saturated rings. The molecule has 0 radical (unpaired) electrons. The molecule has 1 aliphatic rings. The summed E-state index contributed by atoms with van der Waals surface area (Å²) in [7, 11) is -1.49. The molecular weight excluding hydrogens is 470 g/mol. The van der Waals surface area contributed by atoms with Gasteiger partial charge in [-0.2, -0.15) is 4.31 Å². The van der Waals surface area contributed by atoms with Gasteiger partial charge in [0.2, 0.25) is 10.0 Å². The molecule has 2 aromatic heterocycles. The van der Waals surface area contributed by atoms with Gasteiger partial charge in [-0.3, -0.25) is 4.90 Å². The Kier molecular flexibility index (Phi) is 6.67. The van der Waals surface area contributed by atoms with Gasteiger partial charge in [-0.05, 0) is 43.8 Å². The largest absolute Gasteiger partial charge is 0.379 e. The van der Waals surface area contributed by atoms with Gasteiger partial charge in [0.05, 0.1) is 52.4 Å². The van der Waals surface area contributed by atoms with Crippen molar-refractivity contribution in [1.29, 1.82) is 0 Å². The quantitative estimate of drug-likeness (QED) is 0.368. The van der Waals surface area contributed by atoms with Crippen LogP contribution in [0.2, 0.25) is 0 Å². The maximum atomic E-state index is 13.1. The van der Waals surface area contributed by atoms with Crippen molar-refractivity contribution in [2.24, 2.45) is 0 Å². The number of para-hydroxylation sites is 1. The number of aryl methyl sites for hydroxylation is 1. The number of thiazole rings is 1. The van der Waals surface area contributed by atoms with E-state index in [1.807, 2.05) is 24.3 Å². The van der Waals surface area contributed by atoms with E-state index in [1.165, 1.54) is 9.01 Å². The van der Waals surface area contributed by atoms with Gasteiger partial charge in [-0.25, -0.2) is 18.4 Å². The number of aromatic nitrogens is 3. The Morgan fingerprint density at radius 1 is 1.06 bits per heavy atom. The second-order valence-electron chi connectivity index (χ2n) is 8.59. The number of imidazole rings is 1. The third-order valence-electron chi connectivity index (χ3n) is 6.01. The van der Waals surface area contributed by atoms with Crippen molar-refractivity contribution >= 4 is 42.6 Å². The predicted molar refractivity (Wildman–Crippen MR) is 134 cm³/mol. The summed E-state index contributed by atoms with van der Waals surface area (Å²) < 4.78 is 36.5. The minimum Gasteiger partial charge on any atom is -0.379 e.